The van der Waals surface area contributed by atoms with Crippen molar-refractivity contribution in [3.63, 3.8) is 0 Å². The Morgan fingerprint density at radius 3 is 2.50 bits per heavy atom. The minimum atomic E-state index is -0.0685. The summed E-state index contributed by atoms with van der Waals surface area (Å²) >= 11 is 0. The molecule has 1 aliphatic carbocycles. The van der Waals surface area contributed by atoms with Crippen LogP contribution in [-0.2, 0) is 9.59 Å². The summed E-state index contributed by atoms with van der Waals surface area (Å²) in [4.78, 5) is 22.5. The molecular formula is C11H21N3O2. The molecule has 1 atom stereocenters. The van der Waals surface area contributed by atoms with Crippen LogP contribution in [0.4, 0.5) is 0 Å². The molecule has 1 fully saturated rings. The van der Waals surface area contributed by atoms with Gasteiger partial charge in [-0.3, -0.25) is 9.59 Å². The van der Waals surface area contributed by atoms with Gasteiger partial charge >= 0.3 is 0 Å². The number of nitrogens with two attached hydrogens (primary N) is 1. The Balaban J connectivity index is 1.97. The molecule has 1 saturated carbocycles. The van der Waals surface area contributed by atoms with Crippen LogP contribution in [0.5, 0.6) is 0 Å². The van der Waals surface area contributed by atoms with Gasteiger partial charge in [-0.2, -0.15) is 0 Å². The molecule has 0 radical (unpaired) electrons. The van der Waals surface area contributed by atoms with Crippen molar-refractivity contribution in [3.8, 4) is 0 Å². The van der Waals surface area contributed by atoms with Gasteiger partial charge in [0.05, 0.1) is 0 Å². The molecule has 0 heterocycles. The smallest absolute Gasteiger partial charge is 0.223 e. The molecule has 1 rings (SSSR count). The van der Waals surface area contributed by atoms with Crippen molar-refractivity contribution in [1.29, 1.82) is 0 Å². The van der Waals surface area contributed by atoms with E-state index in [1.165, 1.54) is 0 Å². The highest BCUT2D eigenvalue weighted by atomic mass is 16.2. The molecule has 16 heavy (non-hydrogen) atoms. The molecule has 0 aromatic heterocycles. The van der Waals surface area contributed by atoms with Crippen LogP contribution in [0.15, 0.2) is 0 Å². The Hall–Kier alpha value is -1.10. The Morgan fingerprint density at radius 1 is 1.31 bits per heavy atom. The van der Waals surface area contributed by atoms with E-state index in [-0.39, 0.29) is 23.8 Å². The summed E-state index contributed by atoms with van der Waals surface area (Å²) in [5.74, 6) is 0.291. The number of nitrogens with one attached hydrogen (secondary N) is 2. The van der Waals surface area contributed by atoms with Gasteiger partial charge in [0.2, 0.25) is 11.8 Å². The molecule has 4 N–H and O–H groups in total. The normalized spacial score (nSPS) is 16.6. The standard InChI is InChI=1S/C11H21N3O2/c1-2-9(12)7-10(15)13-5-6-14-11(16)8-3-4-8/h8-9H,2-7,12H2,1H3,(H,13,15)(H,14,16). The predicted molar refractivity (Wildman–Crippen MR) is 61.6 cm³/mol. The zero-order valence-corrected chi connectivity index (χ0v) is 9.79. The first kappa shape index (κ1) is 13.0. The lowest BCUT2D eigenvalue weighted by atomic mass is 10.1. The molecular weight excluding hydrogens is 206 g/mol. The summed E-state index contributed by atoms with van der Waals surface area (Å²) < 4.78 is 0. The van der Waals surface area contributed by atoms with E-state index in [9.17, 15) is 9.59 Å². The van der Waals surface area contributed by atoms with Crippen molar-refractivity contribution in [1.82, 2.24) is 10.6 Å². The molecule has 0 aromatic rings. The summed E-state index contributed by atoms with van der Waals surface area (Å²) in [6.07, 6.45) is 3.16. The Kier molecular flexibility index (Phi) is 5.25. The molecule has 1 aliphatic rings. The molecule has 5 nitrogen and oxygen atoms in total. The largest absolute Gasteiger partial charge is 0.354 e. The molecule has 0 saturated heterocycles. The van der Waals surface area contributed by atoms with Gasteiger partial charge < -0.3 is 16.4 Å². The average Bonchev–Trinajstić information content (AvgIpc) is 3.07. The second-order valence-electron chi connectivity index (χ2n) is 4.29. The third kappa shape index (κ3) is 5.11. The highest BCUT2D eigenvalue weighted by molar-refractivity contribution is 5.81. The Morgan fingerprint density at radius 2 is 1.94 bits per heavy atom. The number of carbonyl (C=O) groups excluding carboxylic acids is 2. The van der Waals surface area contributed by atoms with Crippen molar-refractivity contribution in [2.45, 2.75) is 38.6 Å². The molecule has 0 aliphatic heterocycles. The first-order chi connectivity index (χ1) is 7.63. The maximum absolute atomic E-state index is 11.3. The first-order valence-corrected chi connectivity index (χ1v) is 5.93. The van der Waals surface area contributed by atoms with Gasteiger partial charge in [-0.15, -0.1) is 0 Å². The summed E-state index contributed by atoms with van der Waals surface area (Å²) in [5, 5.41) is 5.51. The molecule has 92 valence electrons. The van der Waals surface area contributed by atoms with Crippen molar-refractivity contribution >= 4 is 11.8 Å². The Bertz CT molecular complexity index is 252. The SMILES string of the molecule is CCC(N)CC(=O)NCCNC(=O)C1CC1. The van der Waals surface area contributed by atoms with Gasteiger partial charge in [-0.1, -0.05) is 6.92 Å². The van der Waals surface area contributed by atoms with Crippen LogP contribution < -0.4 is 16.4 Å². The number of rotatable bonds is 7. The maximum Gasteiger partial charge on any atom is 0.223 e. The van der Waals surface area contributed by atoms with Crippen molar-refractivity contribution in [2.24, 2.45) is 11.7 Å². The maximum atomic E-state index is 11.3. The summed E-state index contributed by atoms with van der Waals surface area (Å²) in [5.41, 5.74) is 5.64. The second-order valence-corrected chi connectivity index (χ2v) is 4.29. The van der Waals surface area contributed by atoms with Crippen LogP contribution in [0.25, 0.3) is 0 Å². The van der Waals surface area contributed by atoms with E-state index < -0.39 is 0 Å². The lowest BCUT2D eigenvalue weighted by Gasteiger charge is -2.09. The molecule has 1 unspecified atom stereocenters. The zero-order valence-electron chi connectivity index (χ0n) is 9.79. The third-order valence-corrected chi connectivity index (χ3v) is 2.67. The van der Waals surface area contributed by atoms with Crippen molar-refractivity contribution < 1.29 is 9.59 Å². The van der Waals surface area contributed by atoms with Crippen LogP contribution >= 0.6 is 0 Å². The number of carbonyl (C=O) groups is 2. The lowest BCUT2D eigenvalue weighted by molar-refractivity contribution is -0.123. The predicted octanol–water partition coefficient (Wildman–Crippen LogP) is -0.244. The second kappa shape index (κ2) is 6.48. The topological polar surface area (TPSA) is 84.2 Å². The summed E-state index contributed by atoms with van der Waals surface area (Å²) in [6.45, 7) is 2.93. The van der Waals surface area contributed by atoms with Crippen LogP contribution in [0.2, 0.25) is 0 Å². The van der Waals surface area contributed by atoms with Gasteiger partial charge in [-0.25, -0.2) is 0 Å². The molecule has 0 bridgehead atoms. The Labute approximate surface area is 96.1 Å². The van der Waals surface area contributed by atoms with Gasteiger partial charge in [-0.05, 0) is 19.3 Å². The van der Waals surface area contributed by atoms with E-state index >= 15 is 0 Å². The molecule has 0 spiro atoms. The van der Waals surface area contributed by atoms with E-state index in [0.717, 1.165) is 19.3 Å². The van der Waals surface area contributed by atoms with Crippen LogP contribution in [-0.4, -0.2) is 30.9 Å². The van der Waals surface area contributed by atoms with E-state index in [1.54, 1.807) is 0 Å². The minimum Gasteiger partial charge on any atom is -0.354 e. The van der Waals surface area contributed by atoms with Crippen molar-refractivity contribution in [2.75, 3.05) is 13.1 Å². The van der Waals surface area contributed by atoms with Crippen LogP contribution in [0, 0.1) is 5.92 Å². The van der Waals surface area contributed by atoms with E-state index in [4.69, 9.17) is 5.73 Å². The monoisotopic (exact) mass is 227 g/mol. The van der Waals surface area contributed by atoms with Gasteiger partial charge in [0, 0.05) is 31.5 Å². The van der Waals surface area contributed by atoms with Crippen LogP contribution in [0.3, 0.4) is 0 Å². The first-order valence-electron chi connectivity index (χ1n) is 5.93. The van der Waals surface area contributed by atoms with E-state index in [2.05, 4.69) is 10.6 Å². The fourth-order valence-electron chi connectivity index (χ4n) is 1.33. The number of hydrogen-bond acceptors (Lipinski definition) is 3. The fourth-order valence-corrected chi connectivity index (χ4v) is 1.33. The fraction of sp³-hybridized carbons (Fsp3) is 0.818. The van der Waals surface area contributed by atoms with Crippen molar-refractivity contribution in [3.05, 3.63) is 0 Å². The average molecular weight is 227 g/mol. The minimum absolute atomic E-state index is 0.0463. The highest BCUT2D eigenvalue weighted by Gasteiger charge is 2.28. The number of amides is 2. The zero-order chi connectivity index (χ0) is 12.0. The molecule has 2 amide bonds. The van der Waals surface area contributed by atoms with Gasteiger partial charge in [0.1, 0.15) is 0 Å². The van der Waals surface area contributed by atoms with Gasteiger partial charge in [0.15, 0.2) is 0 Å². The van der Waals surface area contributed by atoms with Gasteiger partial charge in [0.25, 0.3) is 0 Å². The summed E-state index contributed by atoms with van der Waals surface area (Å²) in [6, 6.07) is -0.0685. The third-order valence-electron chi connectivity index (χ3n) is 2.67. The lowest BCUT2D eigenvalue weighted by Crippen LogP contribution is -2.37. The number of hydrogen-bond donors (Lipinski definition) is 3. The van der Waals surface area contributed by atoms with E-state index in [0.29, 0.717) is 19.5 Å². The quantitative estimate of drug-likeness (QED) is 0.525. The van der Waals surface area contributed by atoms with Crippen LogP contribution in [0.1, 0.15) is 32.6 Å². The molecule has 0 aromatic carbocycles. The van der Waals surface area contributed by atoms with E-state index in [1.807, 2.05) is 6.92 Å². The highest BCUT2D eigenvalue weighted by Crippen LogP contribution is 2.28. The molecule has 5 heteroatoms. The summed E-state index contributed by atoms with van der Waals surface area (Å²) in [7, 11) is 0.